The van der Waals surface area contributed by atoms with Crippen molar-refractivity contribution in [3.05, 3.63) is 72.5 Å². The van der Waals surface area contributed by atoms with Crippen LogP contribution in [0.15, 0.2) is 55.4 Å². The van der Waals surface area contributed by atoms with Crippen LogP contribution in [0.2, 0.25) is 0 Å². The van der Waals surface area contributed by atoms with Crippen molar-refractivity contribution in [3.63, 3.8) is 0 Å². The lowest BCUT2D eigenvalue weighted by atomic mass is 10.0. The number of halogens is 1. The maximum absolute atomic E-state index is 15.2. The van der Waals surface area contributed by atoms with Crippen molar-refractivity contribution >= 4 is 28.7 Å². The van der Waals surface area contributed by atoms with Gasteiger partial charge in [-0.2, -0.15) is 10.2 Å². The van der Waals surface area contributed by atoms with Gasteiger partial charge in [-0.25, -0.2) is 9.37 Å². The number of nitrogens with zero attached hydrogens (tertiary/aromatic N) is 5. The third-order valence-corrected chi connectivity index (χ3v) is 6.79. The van der Waals surface area contributed by atoms with E-state index in [1.807, 2.05) is 32.9 Å². The molecule has 4 heterocycles. The number of carbonyl (C=O) groups excluding carboxylic acids is 2. The number of hydrogen-bond donors (Lipinski definition) is 3. The first kappa shape index (κ1) is 26.1. The molecule has 3 aromatic heterocycles. The Labute approximate surface area is 225 Å². The zero-order valence-corrected chi connectivity index (χ0v) is 22.2. The van der Waals surface area contributed by atoms with E-state index < -0.39 is 5.82 Å². The van der Waals surface area contributed by atoms with E-state index in [4.69, 9.17) is 0 Å². The number of aromatic nitrogens is 5. The molecule has 1 saturated heterocycles. The first-order valence-corrected chi connectivity index (χ1v) is 12.8. The van der Waals surface area contributed by atoms with Crippen molar-refractivity contribution in [1.82, 2.24) is 35.2 Å². The number of hydrogen-bond acceptors (Lipinski definition) is 6. The molecule has 1 atom stereocenters. The Kier molecular flexibility index (Phi) is 6.90. The molecule has 4 aromatic rings. The van der Waals surface area contributed by atoms with E-state index in [1.54, 1.807) is 34.1 Å². The van der Waals surface area contributed by atoms with Gasteiger partial charge < -0.3 is 15.5 Å². The fourth-order valence-corrected chi connectivity index (χ4v) is 4.64. The Hall–Kier alpha value is -4.54. The summed E-state index contributed by atoms with van der Waals surface area (Å²) in [5.74, 6) is -0.311. The molecule has 0 unspecified atom stereocenters. The summed E-state index contributed by atoms with van der Waals surface area (Å²) < 4.78 is 16.9. The van der Waals surface area contributed by atoms with Gasteiger partial charge in [0, 0.05) is 43.6 Å². The summed E-state index contributed by atoms with van der Waals surface area (Å²) >= 11 is 0. The first-order chi connectivity index (χ1) is 18.6. The van der Waals surface area contributed by atoms with Gasteiger partial charge in [0.1, 0.15) is 11.5 Å². The molecule has 39 heavy (non-hydrogen) atoms. The highest BCUT2D eigenvalue weighted by Gasteiger charge is 2.26. The molecule has 1 aliphatic heterocycles. The van der Waals surface area contributed by atoms with Crippen molar-refractivity contribution in [2.75, 3.05) is 18.4 Å². The Balaban J connectivity index is 1.32. The highest BCUT2D eigenvalue weighted by atomic mass is 19.1. The van der Waals surface area contributed by atoms with E-state index in [9.17, 15) is 9.59 Å². The third-order valence-electron chi connectivity index (χ3n) is 6.79. The van der Waals surface area contributed by atoms with Crippen LogP contribution in [-0.4, -0.2) is 60.8 Å². The number of aromatic amines is 1. The van der Waals surface area contributed by atoms with Crippen LogP contribution in [0.1, 0.15) is 43.2 Å². The highest BCUT2D eigenvalue weighted by Crippen LogP contribution is 2.33. The topological polar surface area (TPSA) is 121 Å². The van der Waals surface area contributed by atoms with E-state index in [1.165, 1.54) is 12.1 Å². The largest absolute Gasteiger partial charge is 0.363 e. The Bertz CT molecular complexity index is 1550. The number of nitrogens with one attached hydrogen (secondary N) is 3. The van der Waals surface area contributed by atoms with Gasteiger partial charge in [0.25, 0.3) is 5.91 Å². The molecule has 10 nitrogen and oxygen atoms in total. The lowest BCUT2D eigenvalue weighted by Gasteiger charge is -2.18. The molecular weight excluding hydrogens is 499 g/mol. The molecule has 1 fully saturated rings. The second-order valence-electron chi connectivity index (χ2n) is 10.6. The Morgan fingerprint density at radius 1 is 1.26 bits per heavy atom. The van der Waals surface area contributed by atoms with Gasteiger partial charge in [-0.15, -0.1) is 0 Å². The molecule has 0 saturated carbocycles. The second kappa shape index (κ2) is 10.3. The van der Waals surface area contributed by atoms with E-state index in [-0.39, 0.29) is 35.6 Å². The van der Waals surface area contributed by atoms with Gasteiger partial charge in [-0.05, 0) is 62.6 Å². The van der Waals surface area contributed by atoms with Gasteiger partial charge in [0.05, 0.1) is 10.9 Å². The van der Waals surface area contributed by atoms with Gasteiger partial charge >= 0.3 is 0 Å². The summed E-state index contributed by atoms with van der Waals surface area (Å²) in [4.78, 5) is 30.6. The van der Waals surface area contributed by atoms with Gasteiger partial charge in [-0.3, -0.25) is 19.4 Å². The van der Waals surface area contributed by atoms with Crippen molar-refractivity contribution in [3.8, 4) is 11.1 Å². The number of H-pyrrole nitrogens is 1. The predicted molar refractivity (Wildman–Crippen MR) is 146 cm³/mol. The highest BCUT2D eigenvalue weighted by molar-refractivity contribution is 6.00. The molecule has 11 heteroatoms. The normalized spacial score (nSPS) is 15.5. The molecule has 3 N–H and O–H groups in total. The molecule has 0 radical (unpaired) electrons. The van der Waals surface area contributed by atoms with Crippen molar-refractivity contribution < 1.29 is 14.0 Å². The standard InChI is InChI=1S/C28H31FN8O2/c1-5-23(38)36-12-9-19(16-36)32-26-24-20(8-11-30-25(24)33-34-26)17-6-7-18(21(29)14-17)15-31-27(39)22-10-13-37(35-22)28(2,3)4/h5-8,10-11,13-14,19H,1,9,12,15-16H2,2-4H3,(H,31,39)(H2,30,32,33,34)/t19-/m1/s1. The lowest BCUT2D eigenvalue weighted by molar-refractivity contribution is -0.125. The number of carbonyl (C=O) groups is 2. The average Bonchev–Trinajstić information content (AvgIpc) is 3.67. The van der Waals surface area contributed by atoms with Crippen molar-refractivity contribution in [1.29, 1.82) is 0 Å². The summed E-state index contributed by atoms with van der Waals surface area (Å²) in [5, 5.41) is 18.5. The number of likely N-dealkylation sites (tertiary alicyclic amines) is 1. The van der Waals surface area contributed by atoms with E-state index in [2.05, 4.69) is 37.5 Å². The number of amides is 2. The number of benzene rings is 1. The maximum atomic E-state index is 15.2. The van der Waals surface area contributed by atoms with Crippen LogP contribution < -0.4 is 10.6 Å². The quantitative estimate of drug-likeness (QED) is 0.312. The fourth-order valence-electron chi connectivity index (χ4n) is 4.64. The van der Waals surface area contributed by atoms with Crippen LogP contribution in [0.5, 0.6) is 0 Å². The molecule has 5 rings (SSSR count). The number of fused-ring (bicyclic) bond motifs is 1. The maximum Gasteiger partial charge on any atom is 0.272 e. The number of anilines is 1. The van der Waals surface area contributed by atoms with E-state index >= 15 is 4.39 Å². The summed E-state index contributed by atoms with van der Waals surface area (Å²) in [6.45, 7) is 10.7. The van der Waals surface area contributed by atoms with Gasteiger partial charge in [-0.1, -0.05) is 18.7 Å². The smallest absolute Gasteiger partial charge is 0.272 e. The summed E-state index contributed by atoms with van der Waals surface area (Å²) in [5.41, 5.74) is 2.37. The van der Waals surface area contributed by atoms with Crippen LogP contribution in [0.3, 0.4) is 0 Å². The molecule has 2 amide bonds. The van der Waals surface area contributed by atoms with Crippen molar-refractivity contribution in [2.24, 2.45) is 0 Å². The molecule has 1 aromatic carbocycles. The van der Waals surface area contributed by atoms with Crippen LogP contribution in [0.4, 0.5) is 10.2 Å². The van der Waals surface area contributed by atoms with Crippen LogP contribution in [-0.2, 0) is 16.9 Å². The van der Waals surface area contributed by atoms with Crippen LogP contribution in [0.25, 0.3) is 22.2 Å². The SMILES string of the molecule is C=CC(=O)N1CC[C@@H](Nc2n[nH]c3nccc(-c4ccc(CNC(=O)c5ccn(C(C)(C)C)n5)c(F)c4)c23)C1. The zero-order chi connectivity index (χ0) is 27.7. The van der Waals surface area contributed by atoms with Gasteiger partial charge in [0.15, 0.2) is 11.5 Å². The minimum Gasteiger partial charge on any atom is -0.363 e. The van der Waals surface area contributed by atoms with Crippen molar-refractivity contribution in [2.45, 2.75) is 45.3 Å². The Morgan fingerprint density at radius 3 is 2.79 bits per heavy atom. The van der Waals surface area contributed by atoms with Gasteiger partial charge in [0.2, 0.25) is 5.91 Å². The fraction of sp³-hybridized carbons (Fsp3) is 0.321. The molecule has 0 spiro atoms. The monoisotopic (exact) mass is 530 g/mol. The average molecular weight is 531 g/mol. The predicted octanol–water partition coefficient (Wildman–Crippen LogP) is 3.84. The molecule has 0 bridgehead atoms. The third kappa shape index (κ3) is 5.38. The second-order valence-corrected chi connectivity index (χ2v) is 10.6. The molecule has 0 aliphatic carbocycles. The summed E-state index contributed by atoms with van der Waals surface area (Å²) in [6.07, 6.45) is 5.48. The first-order valence-electron chi connectivity index (χ1n) is 12.8. The number of pyridine rings is 1. The minimum absolute atomic E-state index is 0.0194. The molecular formula is C28H31FN8O2. The Morgan fingerprint density at radius 2 is 2.08 bits per heavy atom. The summed E-state index contributed by atoms with van der Waals surface area (Å²) in [6, 6.07) is 8.39. The minimum atomic E-state index is -0.439. The van der Waals surface area contributed by atoms with E-state index in [0.29, 0.717) is 35.7 Å². The molecule has 1 aliphatic rings. The lowest BCUT2D eigenvalue weighted by Crippen LogP contribution is -2.30. The molecule has 202 valence electrons. The van der Waals surface area contributed by atoms with Crippen LogP contribution >= 0.6 is 0 Å². The van der Waals surface area contributed by atoms with E-state index in [0.717, 1.165) is 17.4 Å². The van der Waals surface area contributed by atoms with Crippen LogP contribution in [0, 0.1) is 5.82 Å². The number of rotatable bonds is 7. The zero-order valence-electron chi connectivity index (χ0n) is 22.2. The summed E-state index contributed by atoms with van der Waals surface area (Å²) in [7, 11) is 0.